The normalized spacial score (nSPS) is 10.5. The number of esters is 1. The number of rotatable bonds is 10. The Labute approximate surface area is 127 Å². The van der Waals surface area contributed by atoms with Crippen molar-refractivity contribution in [2.24, 2.45) is 0 Å². The van der Waals surface area contributed by atoms with Gasteiger partial charge in [-0.1, -0.05) is 51.9 Å². The molecule has 0 heterocycles. The third-order valence-electron chi connectivity index (χ3n) is 3.53. The molecule has 4 N–H and O–H groups in total. The maximum atomic E-state index is 11.8. The molecule has 0 fully saturated rings. The van der Waals surface area contributed by atoms with Crippen molar-refractivity contribution in [1.82, 2.24) is 0 Å². The molecule has 4 nitrogen and oxygen atoms in total. The van der Waals surface area contributed by atoms with Gasteiger partial charge < -0.3 is 16.2 Å². The van der Waals surface area contributed by atoms with Crippen LogP contribution in [0, 0.1) is 0 Å². The summed E-state index contributed by atoms with van der Waals surface area (Å²) in [6.07, 6.45) is 9.78. The van der Waals surface area contributed by atoms with E-state index in [1.807, 2.05) is 0 Å². The summed E-state index contributed by atoms with van der Waals surface area (Å²) in [7, 11) is 0. The van der Waals surface area contributed by atoms with E-state index in [1.165, 1.54) is 38.5 Å². The lowest BCUT2D eigenvalue weighted by Gasteiger charge is -2.07. The van der Waals surface area contributed by atoms with Crippen LogP contribution in [0.1, 0.15) is 68.6 Å². The smallest absolute Gasteiger partial charge is 0.340 e. The molecule has 0 saturated heterocycles. The second kappa shape index (κ2) is 10.1. The number of nitrogens with two attached hydrogens (primary N) is 2. The van der Waals surface area contributed by atoms with Crippen LogP contribution in [0.3, 0.4) is 0 Å². The summed E-state index contributed by atoms with van der Waals surface area (Å²) in [5.74, 6) is -0.365. The first kappa shape index (κ1) is 17.3. The average Bonchev–Trinajstić information content (AvgIpc) is 2.45. The summed E-state index contributed by atoms with van der Waals surface area (Å²) < 4.78 is 5.23. The summed E-state index contributed by atoms with van der Waals surface area (Å²) in [5, 5.41) is 0. The molecule has 4 heteroatoms. The molecule has 0 spiro atoms. The van der Waals surface area contributed by atoms with E-state index in [-0.39, 0.29) is 5.97 Å². The average molecular weight is 292 g/mol. The summed E-state index contributed by atoms with van der Waals surface area (Å²) in [6.45, 7) is 2.68. The number of carbonyl (C=O) groups is 1. The lowest BCUT2D eigenvalue weighted by molar-refractivity contribution is 0.0499. The Morgan fingerprint density at radius 3 is 2.24 bits per heavy atom. The molecule has 1 aromatic carbocycles. The number of hydrogen-bond acceptors (Lipinski definition) is 4. The number of ether oxygens (including phenoxy) is 1. The summed E-state index contributed by atoms with van der Waals surface area (Å²) in [5.41, 5.74) is 12.7. The van der Waals surface area contributed by atoms with Gasteiger partial charge >= 0.3 is 5.97 Å². The van der Waals surface area contributed by atoms with E-state index >= 15 is 0 Å². The van der Waals surface area contributed by atoms with E-state index in [0.717, 1.165) is 12.8 Å². The van der Waals surface area contributed by atoms with Crippen molar-refractivity contribution in [1.29, 1.82) is 0 Å². The maximum Gasteiger partial charge on any atom is 0.340 e. The first-order valence-electron chi connectivity index (χ1n) is 7.97. The van der Waals surface area contributed by atoms with E-state index in [1.54, 1.807) is 18.2 Å². The van der Waals surface area contributed by atoms with Crippen LogP contribution in [0.15, 0.2) is 18.2 Å². The first-order valence-corrected chi connectivity index (χ1v) is 7.97. The van der Waals surface area contributed by atoms with Crippen molar-refractivity contribution in [3.05, 3.63) is 23.8 Å². The van der Waals surface area contributed by atoms with E-state index in [2.05, 4.69) is 6.92 Å². The van der Waals surface area contributed by atoms with Crippen molar-refractivity contribution in [3.63, 3.8) is 0 Å². The van der Waals surface area contributed by atoms with Gasteiger partial charge in [-0.2, -0.15) is 0 Å². The largest absolute Gasteiger partial charge is 0.462 e. The zero-order valence-corrected chi connectivity index (χ0v) is 13.1. The predicted molar refractivity (Wildman–Crippen MR) is 88.2 cm³/mol. The summed E-state index contributed by atoms with van der Waals surface area (Å²) >= 11 is 0. The number of benzene rings is 1. The van der Waals surface area contributed by atoms with Crippen LogP contribution in [0.25, 0.3) is 0 Å². The highest BCUT2D eigenvalue weighted by Gasteiger charge is 2.10. The molecule has 0 radical (unpaired) electrons. The SMILES string of the molecule is CCCCCCCCCCOC(=O)c1ccc(N)cc1N. The first-order chi connectivity index (χ1) is 10.1. The van der Waals surface area contributed by atoms with Gasteiger partial charge in [-0.05, 0) is 24.6 Å². The molecule has 118 valence electrons. The minimum atomic E-state index is -0.365. The Kier molecular flexibility index (Phi) is 8.32. The fraction of sp³-hybridized carbons (Fsp3) is 0.588. The quantitative estimate of drug-likeness (QED) is 0.386. The van der Waals surface area contributed by atoms with E-state index in [4.69, 9.17) is 16.2 Å². The molecular formula is C17H28N2O2. The zero-order chi connectivity index (χ0) is 15.5. The van der Waals surface area contributed by atoms with Crippen molar-refractivity contribution in [2.45, 2.75) is 58.3 Å². The fourth-order valence-corrected chi connectivity index (χ4v) is 2.25. The van der Waals surface area contributed by atoms with Gasteiger partial charge in [0, 0.05) is 11.4 Å². The highest BCUT2D eigenvalue weighted by molar-refractivity contribution is 5.95. The van der Waals surface area contributed by atoms with Crippen LogP contribution >= 0.6 is 0 Å². The summed E-state index contributed by atoms with van der Waals surface area (Å²) in [6, 6.07) is 4.84. The van der Waals surface area contributed by atoms with Crippen molar-refractivity contribution >= 4 is 17.3 Å². The molecular weight excluding hydrogens is 264 g/mol. The van der Waals surface area contributed by atoms with E-state index < -0.39 is 0 Å². The van der Waals surface area contributed by atoms with E-state index in [9.17, 15) is 4.79 Å². The van der Waals surface area contributed by atoms with Crippen LogP contribution in [0.4, 0.5) is 11.4 Å². The van der Waals surface area contributed by atoms with Gasteiger partial charge in [-0.3, -0.25) is 0 Å². The molecule has 21 heavy (non-hydrogen) atoms. The Balaban J connectivity index is 2.11. The highest BCUT2D eigenvalue weighted by atomic mass is 16.5. The molecule has 0 amide bonds. The minimum absolute atomic E-state index is 0.365. The van der Waals surface area contributed by atoms with Crippen LogP contribution in [0.2, 0.25) is 0 Å². The Morgan fingerprint density at radius 1 is 1.00 bits per heavy atom. The molecule has 1 rings (SSSR count). The summed E-state index contributed by atoms with van der Waals surface area (Å²) in [4.78, 5) is 11.8. The lowest BCUT2D eigenvalue weighted by Crippen LogP contribution is -2.09. The van der Waals surface area contributed by atoms with Crippen LogP contribution in [-0.4, -0.2) is 12.6 Å². The fourth-order valence-electron chi connectivity index (χ4n) is 2.25. The van der Waals surface area contributed by atoms with E-state index in [0.29, 0.717) is 23.5 Å². The second-order valence-electron chi connectivity index (χ2n) is 5.46. The molecule has 0 aliphatic heterocycles. The van der Waals surface area contributed by atoms with Crippen LogP contribution in [-0.2, 0) is 4.74 Å². The minimum Gasteiger partial charge on any atom is -0.462 e. The molecule has 0 unspecified atom stereocenters. The Bertz CT molecular complexity index is 433. The molecule has 0 bridgehead atoms. The number of carbonyl (C=O) groups excluding carboxylic acids is 1. The highest BCUT2D eigenvalue weighted by Crippen LogP contribution is 2.17. The van der Waals surface area contributed by atoms with Gasteiger partial charge in [0.1, 0.15) is 0 Å². The molecule has 0 aliphatic rings. The van der Waals surface area contributed by atoms with Crippen LogP contribution in [0.5, 0.6) is 0 Å². The molecule has 0 aliphatic carbocycles. The van der Waals surface area contributed by atoms with Crippen LogP contribution < -0.4 is 11.5 Å². The molecule has 0 saturated carbocycles. The topological polar surface area (TPSA) is 78.3 Å². The number of nitrogen functional groups attached to an aromatic ring is 2. The predicted octanol–water partition coefficient (Wildman–Crippen LogP) is 4.15. The molecule has 0 aromatic heterocycles. The van der Waals surface area contributed by atoms with Gasteiger partial charge in [-0.15, -0.1) is 0 Å². The van der Waals surface area contributed by atoms with Crippen molar-refractivity contribution < 1.29 is 9.53 Å². The third-order valence-corrected chi connectivity index (χ3v) is 3.53. The number of unbranched alkanes of at least 4 members (excludes halogenated alkanes) is 7. The standard InChI is InChI=1S/C17H28N2O2/c1-2-3-4-5-6-7-8-9-12-21-17(20)15-11-10-14(18)13-16(15)19/h10-11,13H,2-9,12,18-19H2,1H3. The second-order valence-corrected chi connectivity index (χ2v) is 5.46. The van der Waals surface area contributed by atoms with Gasteiger partial charge in [0.15, 0.2) is 0 Å². The van der Waals surface area contributed by atoms with Crippen molar-refractivity contribution in [2.75, 3.05) is 18.1 Å². The third kappa shape index (κ3) is 7.02. The molecule has 1 aromatic rings. The molecule has 0 atom stereocenters. The van der Waals surface area contributed by atoms with Gasteiger partial charge in [0.05, 0.1) is 12.2 Å². The lowest BCUT2D eigenvalue weighted by atomic mass is 10.1. The Hall–Kier alpha value is -1.71. The Morgan fingerprint density at radius 2 is 1.62 bits per heavy atom. The van der Waals surface area contributed by atoms with Crippen molar-refractivity contribution in [3.8, 4) is 0 Å². The number of hydrogen-bond donors (Lipinski definition) is 2. The van der Waals surface area contributed by atoms with Gasteiger partial charge in [0.25, 0.3) is 0 Å². The maximum absolute atomic E-state index is 11.8. The number of anilines is 2. The van der Waals surface area contributed by atoms with Gasteiger partial charge in [0.2, 0.25) is 0 Å². The van der Waals surface area contributed by atoms with Gasteiger partial charge in [-0.25, -0.2) is 4.79 Å². The zero-order valence-electron chi connectivity index (χ0n) is 13.1. The monoisotopic (exact) mass is 292 g/mol.